The number of amides is 1. The molecular weight excluding hydrogens is 310 g/mol. The lowest BCUT2D eigenvalue weighted by Gasteiger charge is -2.39. The Morgan fingerprint density at radius 2 is 1.88 bits per heavy atom. The molecule has 0 fully saturated rings. The third-order valence-corrected chi connectivity index (χ3v) is 4.99. The van der Waals surface area contributed by atoms with E-state index in [1.54, 1.807) is 18.4 Å². The number of nitrogens with zero attached hydrogens (tertiary/aromatic N) is 1. The first kappa shape index (κ1) is 15.7. The van der Waals surface area contributed by atoms with E-state index >= 15 is 0 Å². The summed E-state index contributed by atoms with van der Waals surface area (Å²) in [5, 5.41) is 0. The van der Waals surface area contributed by atoms with Crippen LogP contribution in [0.2, 0.25) is 0 Å². The highest BCUT2D eigenvalue weighted by atomic mass is 16.3. The van der Waals surface area contributed by atoms with Crippen molar-refractivity contribution >= 4 is 11.6 Å². The molecule has 0 aliphatic carbocycles. The molecule has 1 aromatic heterocycles. The van der Waals surface area contributed by atoms with Crippen molar-refractivity contribution in [1.82, 2.24) is 0 Å². The summed E-state index contributed by atoms with van der Waals surface area (Å²) in [5.41, 5.74) is 4.70. The van der Waals surface area contributed by atoms with Crippen LogP contribution in [0.4, 0.5) is 5.69 Å². The van der Waals surface area contributed by atoms with Gasteiger partial charge in [-0.25, -0.2) is 0 Å². The maximum atomic E-state index is 13.0. The van der Waals surface area contributed by atoms with E-state index in [0.717, 1.165) is 12.1 Å². The molecule has 2 atom stereocenters. The second-order valence-electron chi connectivity index (χ2n) is 6.76. The van der Waals surface area contributed by atoms with E-state index in [2.05, 4.69) is 56.3 Å². The number of hydrogen-bond donors (Lipinski definition) is 0. The standard InChI is InChI=1S/C22H21NO2/c1-15-10-11-20-19(13-15)18(17-7-4-3-5-8-17)14-16(2)23(20)22(24)21-9-6-12-25-21/h3-13,16,18H,14H2,1-2H3/t16-,18+/m0/s1. The predicted octanol–water partition coefficient (Wildman–Crippen LogP) is 5.16. The zero-order valence-corrected chi connectivity index (χ0v) is 14.5. The van der Waals surface area contributed by atoms with Gasteiger partial charge < -0.3 is 9.32 Å². The van der Waals surface area contributed by atoms with Crippen LogP contribution in [0, 0.1) is 6.92 Å². The molecule has 0 N–H and O–H groups in total. The van der Waals surface area contributed by atoms with Crippen LogP contribution in [-0.2, 0) is 0 Å². The van der Waals surface area contributed by atoms with Gasteiger partial charge >= 0.3 is 0 Å². The molecule has 2 heterocycles. The highest BCUT2D eigenvalue weighted by molar-refractivity contribution is 6.05. The minimum Gasteiger partial charge on any atom is -0.459 e. The summed E-state index contributed by atoms with van der Waals surface area (Å²) in [5.74, 6) is 0.609. The summed E-state index contributed by atoms with van der Waals surface area (Å²) in [4.78, 5) is 14.9. The minimum absolute atomic E-state index is 0.0749. The van der Waals surface area contributed by atoms with Gasteiger partial charge in [0.25, 0.3) is 5.91 Å². The van der Waals surface area contributed by atoms with Crippen LogP contribution < -0.4 is 4.90 Å². The monoisotopic (exact) mass is 331 g/mol. The van der Waals surface area contributed by atoms with Crippen molar-refractivity contribution < 1.29 is 9.21 Å². The number of hydrogen-bond acceptors (Lipinski definition) is 2. The Hall–Kier alpha value is -2.81. The van der Waals surface area contributed by atoms with E-state index in [4.69, 9.17) is 4.42 Å². The molecule has 0 spiro atoms. The molecule has 0 unspecified atom stereocenters. The molecule has 1 aliphatic rings. The van der Waals surface area contributed by atoms with E-state index in [9.17, 15) is 4.79 Å². The number of fused-ring (bicyclic) bond motifs is 1. The molecule has 3 heteroatoms. The first-order chi connectivity index (χ1) is 12.1. The van der Waals surface area contributed by atoms with Crippen LogP contribution in [0.25, 0.3) is 0 Å². The largest absolute Gasteiger partial charge is 0.459 e. The third kappa shape index (κ3) is 2.76. The smallest absolute Gasteiger partial charge is 0.294 e. The number of anilines is 1. The van der Waals surface area contributed by atoms with E-state index in [1.807, 2.05) is 11.0 Å². The van der Waals surface area contributed by atoms with Crippen LogP contribution in [-0.4, -0.2) is 11.9 Å². The second kappa shape index (κ2) is 6.25. The van der Waals surface area contributed by atoms with Crippen molar-refractivity contribution in [2.24, 2.45) is 0 Å². The quantitative estimate of drug-likeness (QED) is 0.650. The lowest BCUT2D eigenvalue weighted by atomic mass is 9.80. The third-order valence-electron chi connectivity index (χ3n) is 4.99. The maximum Gasteiger partial charge on any atom is 0.294 e. The molecule has 0 radical (unpaired) electrons. The number of benzene rings is 2. The van der Waals surface area contributed by atoms with Crippen molar-refractivity contribution in [3.8, 4) is 0 Å². The van der Waals surface area contributed by atoms with Crippen molar-refractivity contribution in [3.05, 3.63) is 89.4 Å². The van der Waals surface area contributed by atoms with E-state index < -0.39 is 0 Å². The van der Waals surface area contributed by atoms with E-state index in [1.165, 1.54) is 16.7 Å². The van der Waals surface area contributed by atoms with Gasteiger partial charge in [-0.15, -0.1) is 0 Å². The zero-order chi connectivity index (χ0) is 17.4. The first-order valence-corrected chi connectivity index (χ1v) is 8.67. The molecule has 126 valence electrons. The lowest BCUT2D eigenvalue weighted by Crippen LogP contribution is -2.43. The number of furan rings is 1. The molecule has 0 saturated heterocycles. The Bertz CT molecular complexity index is 884. The molecular formula is C22H21NO2. The fraction of sp³-hybridized carbons (Fsp3) is 0.227. The molecule has 0 bridgehead atoms. The highest BCUT2D eigenvalue weighted by Gasteiger charge is 2.35. The van der Waals surface area contributed by atoms with Crippen LogP contribution in [0.5, 0.6) is 0 Å². The van der Waals surface area contributed by atoms with E-state index in [-0.39, 0.29) is 11.9 Å². The molecule has 3 nitrogen and oxygen atoms in total. The summed E-state index contributed by atoms with van der Waals surface area (Å²) in [6, 6.07) is 20.5. The molecule has 4 rings (SSSR count). The second-order valence-corrected chi connectivity index (χ2v) is 6.76. The molecule has 2 aromatic carbocycles. The molecule has 25 heavy (non-hydrogen) atoms. The van der Waals surface area contributed by atoms with Gasteiger partial charge in [0.2, 0.25) is 0 Å². The summed E-state index contributed by atoms with van der Waals surface area (Å²) in [6.07, 6.45) is 2.44. The van der Waals surface area contributed by atoms with Crippen molar-refractivity contribution in [1.29, 1.82) is 0 Å². The number of carbonyl (C=O) groups excluding carboxylic acids is 1. The minimum atomic E-state index is -0.0749. The number of carbonyl (C=O) groups is 1. The average molecular weight is 331 g/mol. The Morgan fingerprint density at radius 1 is 1.08 bits per heavy atom. The van der Waals surface area contributed by atoms with Crippen LogP contribution in [0.1, 0.15) is 46.5 Å². The fourth-order valence-electron chi connectivity index (χ4n) is 3.81. The van der Waals surface area contributed by atoms with Crippen LogP contribution in [0.15, 0.2) is 71.3 Å². The Morgan fingerprint density at radius 3 is 2.60 bits per heavy atom. The van der Waals surface area contributed by atoms with Gasteiger partial charge in [0, 0.05) is 17.6 Å². The predicted molar refractivity (Wildman–Crippen MR) is 99.1 cm³/mol. The summed E-state index contributed by atoms with van der Waals surface area (Å²) >= 11 is 0. The topological polar surface area (TPSA) is 33.5 Å². The Balaban J connectivity index is 1.83. The van der Waals surface area contributed by atoms with Crippen molar-refractivity contribution in [3.63, 3.8) is 0 Å². The fourth-order valence-corrected chi connectivity index (χ4v) is 3.81. The molecule has 0 saturated carbocycles. The summed E-state index contributed by atoms with van der Waals surface area (Å²) < 4.78 is 5.36. The number of rotatable bonds is 2. The summed E-state index contributed by atoms with van der Waals surface area (Å²) in [7, 11) is 0. The number of aryl methyl sites for hydroxylation is 1. The molecule has 1 amide bonds. The first-order valence-electron chi connectivity index (χ1n) is 8.67. The van der Waals surface area contributed by atoms with E-state index in [0.29, 0.717) is 11.7 Å². The zero-order valence-electron chi connectivity index (χ0n) is 14.5. The Labute approximate surface area is 147 Å². The summed E-state index contributed by atoms with van der Waals surface area (Å²) in [6.45, 7) is 4.21. The van der Waals surface area contributed by atoms with Gasteiger partial charge in [-0.3, -0.25) is 4.79 Å². The highest BCUT2D eigenvalue weighted by Crippen LogP contribution is 2.43. The molecule has 3 aromatic rings. The SMILES string of the molecule is Cc1ccc2c(c1)[C@@H](c1ccccc1)C[C@H](C)N2C(=O)c1ccco1. The van der Waals surface area contributed by atoms with Crippen LogP contribution in [0.3, 0.4) is 0 Å². The lowest BCUT2D eigenvalue weighted by molar-refractivity contribution is 0.0947. The Kier molecular flexibility index (Phi) is 3.92. The van der Waals surface area contributed by atoms with Crippen LogP contribution >= 0.6 is 0 Å². The van der Waals surface area contributed by atoms with Gasteiger partial charge in [-0.05, 0) is 49.6 Å². The molecule has 1 aliphatic heterocycles. The van der Waals surface area contributed by atoms with Gasteiger partial charge in [0.1, 0.15) is 0 Å². The van der Waals surface area contributed by atoms with Gasteiger partial charge in [-0.1, -0.05) is 48.0 Å². The van der Waals surface area contributed by atoms with Gasteiger partial charge in [-0.2, -0.15) is 0 Å². The van der Waals surface area contributed by atoms with Gasteiger partial charge in [0.15, 0.2) is 5.76 Å². The van der Waals surface area contributed by atoms with Crippen molar-refractivity contribution in [2.75, 3.05) is 4.90 Å². The maximum absolute atomic E-state index is 13.0. The van der Waals surface area contributed by atoms with Gasteiger partial charge in [0.05, 0.1) is 6.26 Å². The normalized spacial score (nSPS) is 19.5. The van der Waals surface area contributed by atoms with Crippen molar-refractivity contribution in [2.45, 2.75) is 32.2 Å². The average Bonchev–Trinajstić information content (AvgIpc) is 3.16.